The molecule has 0 aliphatic rings. The number of aryl methyl sites for hydroxylation is 1. The van der Waals surface area contributed by atoms with Gasteiger partial charge >= 0.3 is 0 Å². The van der Waals surface area contributed by atoms with Crippen LogP contribution >= 0.6 is 15.9 Å². The summed E-state index contributed by atoms with van der Waals surface area (Å²) < 4.78 is 31.6. The summed E-state index contributed by atoms with van der Waals surface area (Å²) in [6.45, 7) is 2.37. The maximum atomic E-state index is 12.7. The largest absolute Gasteiger partial charge is 0.439 e. The molecular formula is C22H23BrN2O4S. The van der Waals surface area contributed by atoms with E-state index in [0.29, 0.717) is 6.54 Å². The lowest BCUT2D eigenvalue weighted by atomic mass is 10.0. The highest BCUT2D eigenvalue weighted by molar-refractivity contribution is 9.10. The minimum absolute atomic E-state index is 0.0320. The number of hydrogen-bond donors (Lipinski definition) is 1. The number of sulfone groups is 1. The molecule has 1 N–H and O–H groups in total. The van der Waals surface area contributed by atoms with Gasteiger partial charge < -0.3 is 14.6 Å². The Morgan fingerprint density at radius 2 is 1.67 bits per heavy atom. The lowest BCUT2D eigenvalue weighted by molar-refractivity contribution is 0.0909. The number of rotatable bonds is 7. The summed E-state index contributed by atoms with van der Waals surface area (Å²) in [5.74, 6) is -0.515. The normalized spacial score (nSPS) is 12.7. The monoisotopic (exact) mass is 490 g/mol. The molecule has 0 saturated heterocycles. The minimum Gasteiger partial charge on any atom is -0.439 e. The molecule has 0 bridgehead atoms. The van der Waals surface area contributed by atoms with Crippen molar-refractivity contribution in [3.8, 4) is 0 Å². The van der Waals surface area contributed by atoms with Crippen LogP contribution in [0.25, 0.3) is 0 Å². The van der Waals surface area contributed by atoms with E-state index in [1.54, 1.807) is 12.1 Å². The van der Waals surface area contributed by atoms with E-state index in [9.17, 15) is 13.2 Å². The number of amides is 1. The SMILES string of the molecule is Cc1ccc([C@@H](CNC(=O)c2ccc(S(=O)(=O)c3ccc(Br)cc3)o2)N(C)C)cc1. The van der Waals surface area contributed by atoms with Crippen molar-refractivity contribution < 1.29 is 17.6 Å². The Labute approximate surface area is 184 Å². The van der Waals surface area contributed by atoms with E-state index in [4.69, 9.17) is 4.42 Å². The lowest BCUT2D eigenvalue weighted by Crippen LogP contribution is -2.34. The van der Waals surface area contributed by atoms with Crippen molar-refractivity contribution in [2.45, 2.75) is 23.0 Å². The molecule has 3 rings (SSSR count). The molecule has 6 nitrogen and oxygen atoms in total. The van der Waals surface area contributed by atoms with Gasteiger partial charge in [-0.1, -0.05) is 45.8 Å². The van der Waals surface area contributed by atoms with Crippen LogP contribution < -0.4 is 5.32 Å². The second-order valence-electron chi connectivity index (χ2n) is 7.18. The van der Waals surface area contributed by atoms with Crippen molar-refractivity contribution in [2.24, 2.45) is 0 Å². The molecule has 0 saturated carbocycles. The smallest absolute Gasteiger partial charge is 0.287 e. The van der Waals surface area contributed by atoms with Gasteiger partial charge in [0.1, 0.15) is 0 Å². The summed E-state index contributed by atoms with van der Waals surface area (Å²) in [5.41, 5.74) is 2.24. The Hall–Kier alpha value is -2.42. The fourth-order valence-corrected chi connectivity index (χ4v) is 4.42. The predicted octanol–water partition coefficient (Wildman–Crippen LogP) is 4.22. The standard InChI is InChI=1S/C22H23BrN2O4S/c1-15-4-6-16(7-5-15)19(25(2)3)14-24-22(26)20-12-13-21(29-20)30(27,28)18-10-8-17(23)9-11-18/h4-13,19H,14H2,1-3H3,(H,24,26)/t19-/m1/s1. The number of carbonyl (C=O) groups is 1. The molecule has 0 radical (unpaired) electrons. The topological polar surface area (TPSA) is 79.6 Å². The van der Waals surface area contributed by atoms with Gasteiger partial charge in [-0.15, -0.1) is 0 Å². The van der Waals surface area contributed by atoms with Crippen LogP contribution in [0.5, 0.6) is 0 Å². The third-order valence-electron chi connectivity index (χ3n) is 4.74. The van der Waals surface area contributed by atoms with Crippen LogP contribution in [0.4, 0.5) is 0 Å². The first-order valence-corrected chi connectivity index (χ1v) is 11.6. The molecule has 1 aromatic heterocycles. The van der Waals surface area contributed by atoms with Gasteiger partial charge in [0.25, 0.3) is 5.91 Å². The van der Waals surface area contributed by atoms with Crippen LogP contribution in [-0.4, -0.2) is 39.9 Å². The average Bonchev–Trinajstić information content (AvgIpc) is 3.21. The van der Waals surface area contributed by atoms with Crippen molar-refractivity contribution in [1.29, 1.82) is 0 Å². The van der Waals surface area contributed by atoms with E-state index < -0.39 is 15.7 Å². The van der Waals surface area contributed by atoms with E-state index in [0.717, 1.165) is 15.6 Å². The highest BCUT2D eigenvalue weighted by Gasteiger charge is 2.24. The van der Waals surface area contributed by atoms with E-state index >= 15 is 0 Å². The van der Waals surface area contributed by atoms with Crippen LogP contribution in [0.1, 0.15) is 27.7 Å². The Bertz CT molecular complexity index is 1120. The highest BCUT2D eigenvalue weighted by atomic mass is 79.9. The van der Waals surface area contributed by atoms with Gasteiger partial charge in [0, 0.05) is 11.0 Å². The molecule has 30 heavy (non-hydrogen) atoms. The number of halogens is 1. The molecule has 3 aromatic rings. The Morgan fingerprint density at radius 1 is 1.03 bits per heavy atom. The first-order chi connectivity index (χ1) is 14.2. The van der Waals surface area contributed by atoms with Crippen molar-refractivity contribution in [1.82, 2.24) is 10.2 Å². The van der Waals surface area contributed by atoms with Gasteiger partial charge in [-0.3, -0.25) is 4.79 Å². The fraction of sp³-hybridized carbons (Fsp3) is 0.227. The summed E-state index contributed by atoms with van der Waals surface area (Å²) in [4.78, 5) is 14.7. The Kier molecular flexibility index (Phi) is 6.80. The number of hydrogen-bond acceptors (Lipinski definition) is 5. The van der Waals surface area contributed by atoms with Crippen LogP contribution in [0, 0.1) is 6.92 Å². The molecular weight excluding hydrogens is 468 g/mol. The second-order valence-corrected chi connectivity index (χ2v) is 9.97. The zero-order valence-corrected chi connectivity index (χ0v) is 19.3. The summed E-state index contributed by atoms with van der Waals surface area (Å²) in [6.07, 6.45) is 0. The Morgan fingerprint density at radius 3 is 2.27 bits per heavy atom. The molecule has 0 unspecified atom stereocenters. The molecule has 1 amide bonds. The maximum Gasteiger partial charge on any atom is 0.287 e. The third kappa shape index (κ3) is 5.00. The van der Waals surface area contributed by atoms with Gasteiger partial charge in [-0.05, 0) is 63.0 Å². The number of benzene rings is 2. The molecule has 0 fully saturated rings. The van der Waals surface area contributed by atoms with Crippen LogP contribution in [0.2, 0.25) is 0 Å². The van der Waals surface area contributed by atoms with Gasteiger partial charge in [0.15, 0.2) is 5.76 Å². The van der Waals surface area contributed by atoms with Gasteiger partial charge in [0.2, 0.25) is 14.9 Å². The average molecular weight is 491 g/mol. The van der Waals surface area contributed by atoms with E-state index in [1.165, 1.54) is 24.3 Å². The maximum absolute atomic E-state index is 12.7. The number of nitrogens with one attached hydrogen (secondary N) is 1. The first-order valence-electron chi connectivity index (χ1n) is 9.30. The molecule has 1 heterocycles. The molecule has 8 heteroatoms. The van der Waals surface area contributed by atoms with Crippen LogP contribution in [0.3, 0.4) is 0 Å². The number of likely N-dealkylation sites (N-methyl/N-ethyl adjacent to an activating group) is 1. The molecule has 1 atom stereocenters. The molecule has 2 aromatic carbocycles. The van der Waals surface area contributed by atoms with Crippen LogP contribution in [-0.2, 0) is 9.84 Å². The molecule has 0 aliphatic heterocycles. The summed E-state index contributed by atoms with van der Waals surface area (Å²) >= 11 is 3.28. The molecule has 158 valence electrons. The highest BCUT2D eigenvalue weighted by Crippen LogP contribution is 2.24. The summed E-state index contributed by atoms with van der Waals surface area (Å²) in [5, 5.41) is 2.56. The van der Waals surface area contributed by atoms with Crippen molar-refractivity contribution in [3.63, 3.8) is 0 Å². The zero-order chi connectivity index (χ0) is 21.9. The number of nitrogens with zero attached hydrogens (tertiary/aromatic N) is 1. The van der Waals surface area contributed by atoms with E-state index in [1.807, 2.05) is 50.2 Å². The van der Waals surface area contributed by atoms with E-state index in [2.05, 4.69) is 21.2 Å². The van der Waals surface area contributed by atoms with Gasteiger partial charge in [-0.25, -0.2) is 8.42 Å². The molecule has 0 spiro atoms. The Balaban J connectivity index is 1.73. The third-order valence-corrected chi connectivity index (χ3v) is 6.91. The number of furan rings is 1. The quantitative estimate of drug-likeness (QED) is 0.536. The summed E-state index contributed by atoms with van der Waals surface area (Å²) in [7, 11) is 0.0380. The van der Waals surface area contributed by atoms with Crippen molar-refractivity contribution in [2.75, 3.05) is 20.6 Å². The lowest BCUT2D eigenvalue weighted by Gasteiger charge is -2.25. The van der Waals surface area contributed by atoms with Crippen molar-refractivity contribution in [3.05, 3.63) is 82.0 Å². The van der Waals surface area contributed by atoms with E-state index in [-0.39, 0.29) is 21.8 Å². The summed E-state index contributed by atoms with van der Waals surface area (Å²) in [6, 6.07) is 17.0. The van der Waals surface area contributed by atoms with Crippen LogP contribution in [0.15, 0.2) is 79.5 Å². The zero-order valence-electron chi connectivity index (χ0n) is 16.9. The second kappa shape index (κ2) is 9.16. The predicted molar refractivity (Wildman–Crippen MR) is 118 cm³/mol. The van der Waals surface area contributed by atoms with Gasteiger partial charge in [0.05, 0.1) is 10.9 Å². The first kappa shape index (κ1) is 22.3. The van der Waals surface area contributed by atoms with Crippen molar-refractivity contribution >= 4 is 31.7 Å². The minimum atomic E-state index is -3.84. The number of carbonyl (C=O) groups excluding carboxylic acids is 1. The fourth-order valence-electron chi connectivity index (χ4n) is 2.98. The van der Waals surface area contributed by atoms with Gasteiger partial charge in [-0.2, -0.15) is 0 Å². The molecule has 0 aliphatic carbocycles.